The number of methoxy groups -OCH3 is 1. The second-order valence-electron chi connectivity index (χ2n) is 3.35. The molecule has 0 amide bonds. The highest BCUT2D eigenvalue weighted by Gasteiger charge is 2.18. The van der Waals surface area contributed by atoms with Gasteiger partial charge in [-0.3, -0.25) is 9.78 Å². The first-order valence-electron chi connectivity index (χ1n) is 4.96. The van der Waals surface area contributed by atoms with Crippen molar-refractivity contribution >= 4 is 27.7 Å². The molecule has 0 saturated carbocycles. The van der Waals surface area contributed by atoms with Crippen LogP contribution in [-0.2, 0) is 4.74 Å². The van der Waals surface area contributed by atoms with Gasteiger partial charge >= 0.3 is 5.97 Å². The molecule has 0 spiro atoms. The van der Waals surface area contributed by atoms with Crippen LogP contribution in [0.25, 0.3) is 0 Å². The van der Waals surface area contributed by atoms with Crippen molar-refractivity contribution in [1.82, 2.24) is 4.98 Å². The number of halogens is 1. The minimum Gasteiger partial charge on any atom is -0.463 e. The van der Waals surface area contributed by atoms with E-state index in [1.165, 1.54) is 25.4 Å². The molecule has 0 radical (unpaired) electrons. The first-order valence-corrected chi connectivity index (χ1v) is 5.75. The Balaban J connectivity index is 2.26. The van der Waals surface area contributed by atoms with Crippen LogP contribution in [-0.4, -0.2) is 23.8 Å². The molecule has 2 rings (SSSR count). The zero-order valence-corrected chi connectivity index (χ0v) is 10.9. The van der Waals surface area contributed by atoms with Crippen LogP contribution in [0.15, 0.2) is 39.4 Å². The molecule has 5 nitrogen and oxygen atoms in total. The van der Waals surface area contributed by atoms with Crippen molar-refractivity contribution in [2.24, 2.45) is 0 Å². The highest BCUT2D eigenvalue weighted by Crippen LogP contribution is 2.14. The highest BCUT2D eigenvalue weighted by atomic mass is 79.9. The number of ketones is 1. The summed E-state index contributed by atoms with van der Waals surface area (Å²) in [5.41, 5.74) is 0.240. The van der Waals surface area contributed by atoms with E-state index in [2.05, 4.69) is 25.7 Å². The van der Waals surface area contributed by atoms with Crippen LogP contribution in [0.2, 0.25) is 0 Å². The molecule has 0 aliphatic rings. The Kier molecular flexibility index (Phi) is 3.57. The molecule has 2 heterocycles. The number of furan rings is 1. The van der Waals surface area contributed by atoms with Crippen LogP contribution in [0.3, 0.4) is 0 Å². The van der Waals surface area contributed by atoms with Gasteiger partial charge in [-0.25, -0.2) is 4.79 Å². The van der Waals surface area contributed by atoms with Crippen molar-refractivity contribution in [1.29, 1.82) is 0 Å². The van der Waals surface area contributed by atoms with Crippen LogP contribution < -0.4 is 0 Å². The fraction of sp³-hybridized carbons (Fsp3) is 0.0833. The topological polar surface area (TPSA) is 69.4 Å². The Morgan fingerprint density at radius 3 is 2.56 bits per heavy atom. The lowest BCUT2D eigenvalue weighted by Gasteiger charge is -1.97. The Morgan fingerprint density at radius 2 is 1.94 bits per heavy atom. The van der Waals surface area contributed by atoms with Crippen LogP contribution in [0.4, 0.5) is 0 Å². The van der Waals surface area contributed by atoms with Gasteiger partial charge in [-0.2, -0.15) is 0 Å². The average molecular weight is 310 g/mol. The lowest BCUT2D eigenvalue weighted by atomic mass is 10.2. The molecule has 2 aromatic heterocycles. The molecule has 2 aromatic rings. The van der Waals surface area contributed by atoms with Crippen LogP contribution in [0, 0.1) is 0 Å². The van der Waals surface area contributed by atoms with E-state index in [0.29, 0.717) is 0 Å². The number of pyridine rings is 1. The van der Waals surface area contributed by atoms with Gasteiger partial charge in [0.15, 0.2) is 5.76 Å². The summed E-state index contributed by atoms with van der Waals surface area (Å²) in [4.78, 5) is 27.1. The van der Waals surface area contributed by atoms with Gasteiger partial charge in [0.1, 0.15) is 5.69 Å². The monoisotopic (exact) mass is 309 g/mol. The van der Waals surface area contributed by atoms with Crippen LogP contribution in [0.1, 0.15) is 26.8 Å². The van der Waals surface area contributed by atoms with Gasteiger partial charge in [-0.05, 0) is 40.2 Å². The quantitative estimate of drug-likeness (QED) is 0.643. The number of hydrogen-bond acceptors (Lipinski definition) is 5. The second-order valence-corrected chi connectivity index (χ2v) is 4.26. The normalized spacial score (nSPS) is 10.1. The summed E-state index contributed by atoms with van der Waals surface area (Å²) in [7, 11) is 1.24. The Morgan fingerprint density at radius 1 is 1.22 bits per heavy atom. The van der Waals surface area contributed by atoms with Crippen LogP contribution in [0.5, 0.6) is 0 Å². The molecule has 6 heteroatoms. The predicted molar refractivity (Wildman–Crippen MR) is 65.4 cm³/mol. The molecule has 0 saturated heterocycles. The van der Waals surface area contributed by atoms with Crippen molar-refractivity contribution in [2.75, 3.05) is 7.11 Å². The van der Waals surface area contributed by atoms with Crippen molar-refractivity contribution in [3.63, 3.8) is 0 Å². The maximum Gasteiger partial charge on any atom is 0.373 e. The molecule has 0 aliphatic heterocycles. The average Bonchev–Trinajstić information content (AvgIpc) is 2.87. The number of esters is 1. The highest BCUT2D eigenvalue weighted by molar-refractivity contribution is 9.10. The third kappa shape index (κ3) is 2.48. The van der Waals surface area contributed by atoms with E-state index >= 15 is 0 Å². The Hall–Kier alpha value is -1.95. The van der Waals surface area contributed by atoms with E-state index in [-0.39, 0.29) is 17.2 Å². The summed E-state index contributed by atoms with van der Waals surface area (Å²) in [6.45, 7) is 0. The predicted octanol–water partition coefficient (Wildman–Crippen LogP) is 2.45. The Bertz CT molecular complexity index is 588. The summed E-state index contributed by atoms with van der Waals surface area (Å²) in [6.07, 6.45) is 1.51. The fourth-order valence-corrected chi connectivity index (χ4v) is 1.54. The van der Waals surface area contributed by atoms with E-state index in [9.17, 15) is 9.59 Å². The molecular weight excluding hydrogens is 302 g/mol. The number of nitrogens with zero attached hydrogens (tertiary/aromatic N) is 1. The number of carbonyl (C=O) groups excluding carboxylic acids is 2. The molecule has 0 N–H and O–H groups in total. The van der Waals surface area contributed by atoms with Crippen molar-refractivity contribution in [2.45, 2.75) is 0 Å². The first kappa shape index (κ1) is 12.5. The van der Waals surface area contributed by atoms with Gasteiger partial charge in [0.25, 0.3) is 0 Å². The molecular formula is C12H8BrNO4. The SMILES string of the molecule is COC(=O)c1ccc(C(=O)c2ccc(Br)cn2)o1. The number of aromatic nitrogens is 1. The summed E-state index contributed by atoms with van der Waals surface area (Å²) in [5.74, 6) is -0.987. The maximum atomic E-state index is 12.0. The van der Waals surface area contributed by atoms with E-state index in [0.717, 1.165) is 4.47 Å². The van der Waals surface area contributed by atoms with Gasteiger partial charge in [-0.15, -0.1) is 0 Å². The van der Waals surface area contributed by atoms with E-state index in [1.54, 1.807) is 12.1 Å². The summed E-state index contributed by atoms with van der Waals surface area (Å²) >= 11 is 3.22. The van der Waals surface area contributed by atoms with Crippen molar-refractivity contribution < 1.29 is 18.7 Å². The van der Waals surface area contributed by atoms with Crippen molar-refractivity contribution in [3.8, 4) is 0 Å². The third-order valence-electron chi connectivity index (χ3n) is 2.18. The van der Waals surface area contributed by atoms with Gasteiger partial charge in [-0.1, -0.05) is 0 Å². The zero-order valence-electron chi connectivity index (χ0n) is 9.34. The third-order valence-corrected chi connectivity index (χ3v) is 2.65. The van der Waals surface area contributed by atoms with Crippen molar-refractivity contribution in [3.05, 3.63) is 52.1 Å². The lowest BCUT2D eigenvalue weighted by Crippen LogP contribution is -2.03. The van der Waals surface area contributed by atoms with Gasteiger partial charge < -0.3 is 9.15 Å². The first-order chi connectivity index (χ1) is 8.61. The molecule has 0 unspecified atom stereocenters. The van der Waals surface area contributed by atoms with Crippen LogP contribution >= 0.6 is 15.9 Å². The number of rotatable bonds is 3. The summed E-state index contributed by atoms with van der Waals surface area (Å²) < 4.78 is 10.4. The van der Waals surface area contributed by atoms with E-state index in [1.807, 2.05) is 0 Å². The lowest BCUT2D eigenvalue weighted by molar-refractivity contribution is 0.0563. The molecule has 18 heavy (non-hydrogen) atoms. The fourth-order valence-electron chi connectivity index (χ4n) is 1.31. The molecule has 0 fully saturated rings. The minimum absolute atomic E-state index is 0.0158. The smallest absolute Gasteiger partial charge is 0.373 e. The largest absolute Gasteiger partial charge is 0.463 e. The standard InChI is InChI=1S/C12H8BrNO4/c1-17-12(16)10-5-4-9(18-10)11(15)8-3-2-7(13)6-14-8/h2-6H,1H3. The molecule has 0 aromatic carbocycles. The molecule has 0 atom stereocenters. The Labute approximate surface area is 111 Å². The van der Waals surface area contributed by atoms with E-state index < -0.39 is 11.8 Å². The zero-order chi connectivity index (χ0) is 13.1. The van der Waals surface area contributed by atoms with E-state index in [4.69, 9.17) is 4.42 Å². The minimum atomic E-state index is -0.627. The number of carbonyl (C=O) groups is 2. The second kappa shape index (κ2) is 5.14. The summed E-state index contributed by atoms with van der Waals surface area (Å²) in [5, 5.41) is 0. The van der Waals surface area contributed by atoms with Gasteiger partial charge in [0, 0.05) is 10.7 Å². The molecule has 0 bridgehead atoms. The maximum absolute atomic E-state index is 12.0. The van der Waals surface area contributed by atoms with Gasteiger partial charge in [0.05, 0.1) is 7.11 Å². The van der Waals surface area contributed by atoms with Gasteiger partial charge in [0.2, 0.25) is 11.5 Å². The summed E-state index contributed by atoms with van der Waals surface area (Å²) in [6, 6.07) is 6.06. The molecule has 92 valence electrons. The number of ether oxygens (including phenoxy) is 1. The molecule has 0 aliphatic carbocycles. The number of hydrogen-bond donors (Lipinski definition) is 0.